The number of thioether (sulfide) groups is 4. The topological polar surface area (TPSA) is 78.7 Å². The molecule has 6 heterocycles. The van der Waals surface area contributed by atoms with Crippen LogP contribution in [-0.2, 0) is 0 Å². The van der Waals surface area contributed by atoms with Crippen molar-refractivity contribution in [2.45, 2.75) is 167 Å². The number of benzene rings is 4. The van der Waals surface area contributed by atoms with Gasteiger partial charge in [-0.25, -0.2) is 0 Å². The minimum atomic E-state index is -0.160. The van der Waals surface area contributed by atoms with Gasteiger partial charge in [0.2, 0.25) is 0 Å². The molecule has 10 fully saturated rings. The molecule has 20 atom stereocenters. The summed E-state index contributed by atoms with van der Waals surface area (Å²) in [6.07, 6.45) is 18.2. The van der Waals surface area contributed by atoms with E-state index in [1.165, 1.54) is 96.6 Å². The van der Waals surface area contributed by atoms with Crippen molar-refractivity contribution in [1.82, 2.24) is 39.7 Å². The Balaban J connectivity index is 0.839. The van der Waals surface area contributed by atoms with Crippen LogP contribution in [-0.4, -0.2) is 93.8 Å². The summed E-state index contributed by atoms with van der Waals surface area (Å²) >= 11 is 8.46. The maximum atomic E-state index is 4.64. The third kappa shape index (κ3) is 9.08. The van der Waals surface area contributed by atoms with Crippen molar-refractivity contribution in [3.63, 3.8) is 0 Å². The van der Waals surface area contributed by atoms with Crippen molar-refractivity contribution in [3.8, 4) is 0 Å². The Morgan fingerprint density at radius 3 is 0.913 bits per heavy atom. The second kappa shape index (κ2) is 20.0. The Labute approximate surface area is 434 Å². The molecule has 13 heteroatoms. The van der Waals surface area contributed by atoms with Crippen molar-refractivity contribution in [1.29, 1.82) is 0 Å². The van der Waals surface area contributed by atoms with Gasteiger partial charge in [0.25, 0.3) is 0 Å². The third-order valence-corrected chi connectivity index (χ3v) is 25.9. The van der Waals surface area contributed by atoms with Gasteiger partial charge in [0, 0.05) is 0 Å². The second-order valence-electron chi connectivity index (χ2n) is 22.5. The first-order valence-electron chi connectivity index (χ1n) is 26.9. The summed E-state index contributed by atoms with van der Waals surface area (Å²) in [5.74, 6) is 4.92. The molecule has 0 amide bonds. The van der Waals surface area contributed by atoms with Crippen LogP contribution in [0.1, 0.15) is 77.0 Å². The molecule has 6 aliphatic heterocycles. The zero-order chi connectivity index (χ0) is 45.4. The van der Waals surface area contributed by atoms with Crippen LogP contribution < -0.4 is 31.9 Å². The number of nitrogens with zero attached hydrogens (tertiary/aromatic N) is 2. The van der Waals surface area contributed by atoms with E-state index in [1.54, 1.807) is 0 Å². The van der Waals surface area contributed by atoms with Crippen molar-refractivity contribution < 1.29 is 0 Å². The van der Waals surface area contributed by atoms with Crippen LogP contribution in [0.2, 0.25) is 0 Å². The zero-order valence-corrected chi connectivity index (χ0v) is 44.1. The van der Waals surface area contributed by atoms with E-state index in [4.69, 9.17) is 0 Å². The van der Waals surface area contributed by atoms with E-state index in [0.29, 0.717) is 118 Å². The fourth-order valence-electron chi connectivity index (χ4n) is 15.9. The molecule has 0 radical (unpaired) electrons. The molecule has 69 heavy (non-hydrogen) atoms. The summed E-state index contributed by atoms with van der Waals surface area (Å²) in [6, 6.07) is 45.2. The minimum absolute atomic E-state index is 0.160. The molecule has 10 aliphatic rings. The first-order chi connectivity index (χ1) is 34.1. The number of hydrogen-bond acceptors (Lipinski definition) is 12. The summed E-state index contributed by atoms with van der Waals surface area (Å²) in [5, 5.41) is 30.0. The van der Waals surface area contributed by atoms with Gasteiger partial charge in [-0.2, -0.15) is 0 Å². The number of rotatable bonds is 8. The van der Waals surface area contributed by atoms with Crippen molar-refractivity contribution >= 4 is 62.7 Å². The number of nitrogens with one attached hydrogen (secondary N) is 6. The van der Waals surface area contributed by atoms with E-state index in [0.717, 1.165) is 0 Å². The van der Waals surface area contributed by atoms with Gasteiger partial charge in [-0.1, -0.05) is 0 Å². The summed E-state index contributed by atoms with van der Waals surface area (Å²) in [7, 11) is 0. The molecular weight excluding hydrogens is 940 g/mol. The maximum absolute atomic E-state index is 4.64. The second-order valence-corrected chi connectivity index (χ2v) is 29.4. The Kier molecular flexibility index (Phi) is 13.3. The van der Waals surface area contributed by atoms with Crippen LogP contribution in [0.25, 0.3) is 0 Å². The van der Waals surface area contributed by atoms with E-state index < -0.39 is 0 Å². The molecule has 6 N–H and O–H groups in total. The van der Waals surface area contributed by atoms with Gasteiger partial charge in [-0.3, -0.25) is 0 Å². The van der Waals surface area contributed by atoms with Gasteiger partial charge in [0.1, 0.15) is 0 Å². The van der Waals surface area contributed by atoms with Gasteiger partial charge >= 0.3 is 438 Å². The van der Waals surface area contributed by atoms with Crippen LogP contribution in [0, 0.1) is 47.3 Å². The molecule has 14 rings (SSSR count). The molecule has 4 saturated carbocycles. The van der Waals surface area contributed by atoms with Crippen molar-refractivity contribution in [3.05, 3.63) is 121 Å². The molecule has 4 aromatic rings. The number of fused-ring (bicyclic) bond motifs is 16. The fraction of sp³-hybridized carbons (Fsp3) is 0.571. The third-order valence-electron chi connectivity index (χ3n) is 18.8. The Morgan fingerprint density at radius 1 is 0.304 bits per heavy atom. The average Bonchev–Trinajstić information content (AvgIpc) is 4.07. The number of hydrogen-bond donors (Lipinski definition) is 6. The molecule has 8 nitrogen and oxygen atoms in total. The molecule has 0 aromatic heterocycles. The van der Waals surface area contributed by atoms with Crippen molar-refractivity contribution in [2.75, 3.05) is 0 Å². The predicted molar refractivity (Wildman–Crippen MR) is 286 cm³/mol. The zero-order valence-electron chi connectivity index (χ0n) is 39.7. The first-order valence-corrected chi connectivity index (χ1v) is 31.5. The van der Waals surface area contributed by atoms with Crippen LogP contribution in [0.5, 0.6) is 0 Å². The van der Waals surface area contributed by atoms with Crippen LogP contribution in [0.3, 0.4) is 0 Å². The van der Waals surface area contributed by atoms with E-state index in [2.05, 4.69) is 208 Å². The molecule has 4 aromatic carbocycles. The molecule has 6 saturated heterocycles. The van der Waals surface area contributed by atoms with E-state index in [1.807, 2.05) is 0 Å². The SMILES string of the molecule is c1ccc(SC2CCC3C4NC(NC5C6CCC(Sc7ccccc7)CC6C6NC7NC(NC8C9CCC(Sc%10ccccc%10)CC9C(N4)[N]8[Al+][N]56)C4CC(Sc5ccccc5)CCC74)C3C2)cc1. The quantitative estimate of drug-likeness (QED) is 0.0953. The van der Waals surface area contributed by atoms with Gasteiger partial charge in [0.05, 0.1) is 0 Å². The van der Waals surface area contributed by atoms with Gasteiger partial charge in [-0.05, 0) is 0 Å². The van der Waals surface area contributed by atoms with E-state index in [9.17, 15) is 0 Å². The molecule has 20 unspecified atom stereocenters. The molecule has 4 aliphatic carbocycles. The molecule has 6 bridgehead atoms. The standard InChI is InChI=1S/C56H70N8S4.Al/c1-5-13-33(14-6-1)65-37-21-25-41-45(29-37)53-57-49(41)62-54-47-31-39(67-35-17-9-3-10-18-35)23-27-43(47)51(59-54)64-56-48-32-40(68-36-19-11-4-12-20-36)24-28-44(48)52(60-56)63-55-46-30-38(66-34-15-7-2-8-16-34)22-26-42(46)50(58-55)61-53;/h1-20,37-57,60-64H,21-32H2;/q-2;+3. The Morgan fingerprint density at radius 2 is 0.580 bits per heavy atom. The fourth-order valence-corrected chi connectivity index (χ4v) is 23.1. The van der Waals surface area contributed by atoms with Crippen LogP contribution in [0.4, 0.5) is 0 Å². The summed E-state index contributed by atoms with van der Waals surface area (Å²) in [5.41, 5.74) is 0. The summed E-state index contributed by atoms with van der Waals surface area (Å²) in [6.45, 7) is 0. The normalized spacial score (nSPS) is 43.3. The van der Waals surface area contributed by atoms with Crippen LogP contribution in [0.15, 0.2) is 141 Å². The first kappa shape index (κ1) is 46.1. The predicted octanol–water partition coefficient (Wildman–Crippen LogP) is 9.66. The molecular formula is C56H70AlN8S4+. The van der Waals surface area contributed by atoms with Crippen molar-refractivity contribution in [2.24, 2.45) is 47.3 Å². The van der Waals surface area contributed by atoms with Gasteiger partial charge < -0.3 is 0 Å². The van der Waals surface area contributed by atoms with Crippen LogP contribution >= 0.6 is 47.0 Å². The summed E-state index contributed by atoms with van der Waals surface area (Å²) in [4.78, 5) is 5.74. The monoisotopic (exact) mass is 1010 g/mol. The van der Waals surface area contributed by atoms with E-state index in [-0.39, 0.29) is 15.7 Å². The van der Waals surface area contributed by atoms with Gasteiger partial charge in [-0.15, -0.1) is 0 Å². The summed E-state index contributed by atoms with van der Waals surface area (Å²) < 4.78 is 6.25. The van der Waals surface area contributed by atoms with Gasteiger partial charge in [0.15, 0.2) is 0 Å². The Bertz CT molecular complexity index is 2200. The molecule has 360 valence electrons. The molecule has 0 spiro atoms. The Hall–Kier alpha value is -1.51. The average molecular weight is 1010 g/mol. The van der Waals surface area contributed by atoms with E-state index >= 15 is 0 Å².